The number of aryl methyl sites for hydroxylation is 2. The highest BCUT2D eigenvalue weighted by Crippen LogP contribution is 2.46. The van der Waals surface area contributed by atoms with Gasteiger partial charge in [0.25, 0.3) is 0 Å². The lowest BCUT2D eigenvalue weighted by Gasteiger charge is -2.16. The third-order valence-corrected chi connectivity index (χ3v) is 5.91. The van der Waals surface area contributed by atoms with E-state index in [2.05, 4.69) is 12.2 Å². The third-order valence-electron chi connectivity index (χ3n) is 5.91. The summed E-state index contributed by atoms with van der Waals surface area (Å²) in [7, 11) is 0. The molecule has 0 heterocycles. The van der Waals surface area contributed by atoms with Gasteiger partial charge in [-0.1, -0.05) is 37.8 Å². The molecule has 0 aliphatic heterocycles. The Kier molecular flexibility index (Phi) is 8.06. The van der Waals surface area contributed by atoms with E-state index >= 15 is 0 Å². The predicted octanol–water partition coefficient (Wildman–Crippen LogP) is 6.73. The largest absolute Gasteiger partial charge is 0.508 e. The number of fused-ring (bicyclic) bond motifs is 14. The van der Waals surface area contributed by atoms with Crippen molar-refractivity contribution in [2.45, 2.75) is 77.0 Å². The molecule has 4 N–H and O–H groups in total. The van der Waals surface area contributed by atoms with E-state index in [1.807, 2.05) is 0 Å². The number of phenolic OH excluding ortho intramolecular Hbond substituents is 4. The molecule has 0 atom stereocenters. The van der Waals surface area contributed by atoms with Gasteiger partial charge in [-0.25, -0.2) is 0 Å². The molecule has 0 radical (unpaired) electrons. The van der Waals surface area contributed by atoms with Gasteiger partial charge < -0.3 is 20.4 Å². The Bertz CT molecular complexity index is 847. The molecule has 30 heavy (non-hydrogen) atoms. The first-order valence-electron chi connectivity index (χ1n) is 11.3. The third kappa shape index (κ3) is 5.94. The van der Waals surface area contributed by atoms with Crippen molar-refractivity contribution in [1.82, 2.24) is 0 Å². The number of aromatic hydroxyl groups is 4. The first kappa shape index (κ1) is 22.1. The van der Waals surface area contributed by atoms with Crippen LogP contribution in [-0.4, -0.2) is 20.4 Å². The molecule has 2 aliphatic rings. The van der Waals surface area contributed by atoms with E-state index in [0.717, 1.165) is 62.5 Å². The number of benzene rings is 2. The van der Waals surface area contributed by atoms with Crippen LogP contribution in [0, 0.1) is 0 Å². The quantitative estimate of drug-likeness (QED) is 0.363. The number of hydrogen-bond acceptors (Lipinski definition) is 4. The Morgan fingerprint density at radius 3 is 1.73 bits per heavy atom. The van der Waals surface area contributed by atoms with Gasteiger partial charge in [-0.2, -0.15) is 0 Å². The van der Waals surface area contributed by atoms with Crippen LogP contribution in [0.5, 0.6) is 23.0 Å². The minimum absolute atomic E-state index is 0.0146. The van der Waals surface area contributed by atoms with Crippen molar-refractivity contribution in [1.29, 1.82) is 0 Å². The molecule has 0 saturated carbocycles. The maximum absolute atomic E-state index is 10.7. The van der Waals surface area contributed by atoms with E-state index in [9.17, 15) is 20.4 Å². The van der Waals surface area contributed by atoms with Gasteiger partial charge in [-0.05, 0) is 80.7 Å². The molecule has 0 unspecified atom stereocenters. The summed E-state index contributed by atoms with van der Waals surface area (Å²) >= 11 is 0. The summed E-state index contributed by atoms with van der Waals surface area (Å²) in [6, 6.07) is 6.26. The van der Waals surface area contributed by atoms with Crippen LogP contribution in [-0.2, 0) is 12.8 Å². The van der Waals surface area contributed by atoms with Crippen molar-refractivity contribution >= 4 is 0 Å². The van der Waals surface area contributed by atoms with E-state index in [1.54, 1.807) is 18.2 Å². The summed E-state index contributed by atoms with van der Waals surface area (Å²) in [5, 5.41) is 41.9. The lowest BCUT2D eigenvalue weighted by molar-refractivity contribution is 0.441. The fraction of sp³-hybridized carbons (Fsp3) is 0.462. The molecule has 2 aliphatic carbocycles. The van der Waals surface area contributed by atoms with Gasteiger partial charge in [0.2, 0.25) is 0 Å². The maximum Gasteiger partial charge on any atom is 0.127 e. The molecule has 0 aromatic heterocycles. The van der Waals surface area contributed by atoms with Crippen LogP contribution in [0.3, 0.4) is 0 Å². The van der Waals surface area contributed by atoms with E-state index < -0.39 is 0 Å². The summed E-state index contributed by atoms with van der Waals surface area (Å²) in [4.78, 5) is 0. The Morgan fingerprint density at radius 1 is 0.500 bits per heavy atom. The van der Waals surface area contributed by atoms with Crippen molar-refractivity contribution in [2.75, 3.05) is 0 Å². The first-order chi connectivity index (χ1) is 14.6. The van der Waals surface area contributed by atoms with Crippen LogP contribution in [0.15, 0.2) is 36.4 Å². The van der Waals surface area contributed by atoms with E-state index in [0.29, 0.717) is 12.0 Å². The van der Waals surface area contributed by atoms with Crippen molar-refractivity contribution in [3.05, 3.63) is 47.5 Å². The average Bonchev–Trinajstić information content (AvgIpc) is 2.68. The van der Waals surface area contributed by atoms with Crippen LogP contribution in [0.2, 0.25) is 0 Å². The topological polar surface area (TPSA) is 80.9 Å². The maximum atomic E-state index is 10.7. The van der Waals surface area contributed by atoms with Crippen LogP contribution < -0.4 is 0 Å². The summed E-state index contributed by atoms with van der Waals surface area (Å²) in [6.45, 7) is 0. The zero-order chi connectivity index (χ0) is 21.3. The van der Waals surface area contributed by atoms with Gasteiger partial charge >= 0.3 is 0 Å². The minimum Gasteiger partial charge on any atom is -0.508 e. The van der Waals surface area contributed by atoms with Gasteiger partial charge in [-0.3, -0.25) is 0 Å². The number of hydrogen-bond donors (Lipinski definition) is 4. The van der Waals surface area contributed by atoms with Crippen molar-refractivity contribution in [3.63, 3.8) is 0 Å². The highest BCUT2D eigenvalue weighted by Gasteiger charge is 2.20. The predicted molar refractivity (Wildman–Crippen MR) is 121 cm³/mol. The second-order valence-electron chi connectivity index (χ2n) is 8.39. The van der Waals surface area contributed by atoms with Gasteiger partial charge in [0, 0.05) is 11.6 Å². The Hall–Kier alpha value is -2.62. The van der Waals surface area contributed by atoms with Crippen LogP contribution >= 0.6 is 0 Å². The molecular weight excluding hydrogens is 376 g/mol. The summed E-state index contributed by atoms with van der Waals surface area (Å²) in [5.41, 5.74) is 2.27. The molecule has 0 amide bonds. The smallest absolute Gasteiger partial charge is 0.127 e. The molecule has 0 saturated heterocycles. The van der Waals surface area contributed by atoms with E-state index in [1.165, 1.54) is 25.3 Å². The fourth-order valence-corrected chi connectivity index (χ4v) is 4.34. The van der Waals surface area contributed by atoms with Gasteiger partial charge in [0.05, 0.1) is 5.56 Å². The van der Waals surface area contributed by atoms with Gasteiger partial charge in [-0.15, -0.1) is 0 Å². The first-order valence-corrected chi connectivity index (χ1v) is 11.3. The second kappa shape index (κ2) is 11.0. The van der Waals surface area contributed by atoms with Crippen LogP contribution in [0.1, 0.15) is 75.3 Å². The van der Waals surface area contributed by atoms with Gasteiger partial charge in [0.1, 0.15) is 23.0 Å². The van der Waals surface area contributed by atoms with Crippen molar-refractivity contribution < 1.29 is 20.4 Å². The number of rotatable bonds is 0. The Balaban J connectivity index is 1.91. The van der Waals surface area contributed by atoms with Crippen molar-refractivity contribution in [2.24, 2.45) is 0 Å². The Labute approximate surface area is 179 Å². The molecule has 0 spiro atoms. The molecule has 2 aromatic rings. The minimum atomic E-state index is -0.131. The Morgan fingerprint density at radius 2 is 1.03 bits per heavy atom. The molecule has 4 heteroatoms. The highest BCUT2D eigenvalue weighted by molar-refractivity contribution is 5.84. The van der Waals surface area contributed by atoms with Crippen LogP contribution in [0.25, 0.3) is 11.1 Å². The molecule has 162 valence electrons. The van der Waals surface area contributed by atoms with E-state index in [-0.39, 0.29) is 28.6 Å². The molecule has 0 fully saturated rings. The molecule has 4 rings (SSSR count). The number of allylic oxidation sites excluding steroid dienone is 2. The molecular formula is C26H34O4. The average molecular weight is 411 g/mol. The van der Waals surface area contributed by atoms with Crippen LogP contribution in [0.4, 0.5) is 0 Å². The summed E-state index contributed by atoms with van der Waals surface area (Å²) < 4.78 is 0. The lowest BCUT2D eigenvalue weighted by Crippen LogP contribution is -1.95. The fourth-order valence-electron chi connectivity index (χ4n) is 4.34. The molecule has 2 aromatic carbocycles. The van der Waals surface area contributed by atoms with Gasteiger partial charge in [0.15, 0.2) is 0 Å². The molecule has 4 nitrogen and oxygen atoms in total. The monoisotopic (exact) mass is 410 g/mol. The highest BCUT2D eigenvalue weighted by atomic mass is 16.3. The van der Waals surface area contributed by atoms with Crippen molar-refractivity contribution in [3.8, 4) is 34.1 Å². The lowest BCUT2D eigenvalue weighted by atomic mass is 9.91. The zero-order valence-electron chi connectivity index (χ0n) is 17.7. The second-order valence-corrected chi connectivity index (χ2v) is 8.39. The summed E-state index contributed by atoms with van der Waals surface area (Å²) in [5.74, 6) is -0.216. The number of phenols is 4. The summed E-state index contributed by atoms with van der Waals surface area (Å²) in [6.07, 6.45) is 17.1. The standard InChI is InChI=1S/C26H34O4/c27-21-17-20-14-12-10-8-6-4-2-1-3-5-7-9-11-13-19-15-22(28)26(23(29)16-19)25(20)24(30)18-21/h2,4,15-18,27-30H,1,3,5-14H2/b4-2+. The SMILES string of the molecule is Oc1cc(O)c2c(c1)CCCCC/C=C/CCCCCCCc1cc(O)c-2c(O)c1. The normalized spacial score (nSPS) is 17.9. The van der Waals surface area contributed by atoms with E-state index in [4.69, 9.17) is 0 Å². The zero-order valence-corrected chi connectivity index (χ0v) is 17.7. The molecule has 2 bridgehead atoms.